The van der Waals surface area contributed by atoms with E-state index in [9.17, 15) is 9.90 Å². The van der Waals surface area contributed by atoms with Crippen molar-refractivity contribution in [1.82, 2.24) is 4.90 Å². The highest BCUT2D eigenvalue weighted by Gasteiger charge is 2.50. The summed E-state index contributed by atoms with van der Waals surface area (Å²) in [5.41, 5.74) is 4.12. The number of halogens is 1. The third-order valence-electron chi connectivity index (χ3n) is 6.80. The molecule has 4 aliphatic rings. The molecule has 6 nitrogen and oxygen atoms in total. The molecule has 6 rings (SSSR count). The number of ether oxygens (including phenoxy) is 3. The van der Waals surface area contributed by atoms with Crippen LogP contribution >= 0.6 is 11.6 Å². The molecule has 3 heterocycles. The molecule has 7 heteroatoms. The lowest BCUT2D eigenvalue weighted by Gasteiger charge is -2.45. The van der Waals surface area contributed by atoms with E-state index >= 15 is 0 Å². The molecule has 1 fully saturated rings. The lowest BCUT2D eigenvalue weighted by Crippen LogP contribution is -2.51. The molecule has 1 aliphatic carbocycles. The van der Waals surface area contributed by atoms with Crippen molar-refractivity contribution in [3.05, 3.63) is 75.8 Å². The number of hydrogen-bond acceptors (Lipinski definition) is 6. The number of carbonyl (C=O) groups is 1. The van der Waals surface area contributed by atoms with Crippen LogP contribution in [-0.4, -0.2) is 47.6 Å². The van der Waals surface area contributed by atoms with Gasteiger partial charge in [0.15, 0.2) is 11.5 Å². The maximum atomic E-state index is 12.8. The summed E-state index contributed by atoms with van der Waals surface area (Å²) < 4.78 is 17.1. The maximum absolute atomic E-state index is 12.8. The Morgan fingerprint density at radius 3 is 2.88 bits per heavy atom. The fourth-order valence-corrected chi connectivity index (χ4v) is 5.61. The first kappa shape index (κ1) is 19.9. The lowest BCUT2D eigenvalue weighted by molar-refractivity contribution is -0.150. The molecular weight excluding hydrogens is 430 g/mol. The van der Waals surface area contributed by atoms with Gasteiger partial charge in [0.05, 0.1) is 0 Å². The van der Waals surface area contributed by atoms with Crippen molar-refractivity contribution in [2.45, 2.75) is 37.1 Å². The number of rotatable bonds is 3. The Bertz CT molecular complexity index is 1160. The monoisotopic (exact) mass is 451 g/mol. The Morgan fingerprint density at radius 2 is 2.03 bits per heavy atom. The number of benzene rings is 2. The van der Waals surface area contributed by atoms with Crippen LogP contribution in [0.3, 0.4) is 0 Å². The normalized spacial score (nSPS) is 27.8. The Balaban J connectivity index is 1.34. The molecule has 164 valence electrons. The standard InChI is InChI=1S/C25H22ClNO5/c26-18-4-2-1-3-14(18)5-6-22(29)32-25-19(28)9-15-7-8-27-12-16-10-20-21(31-13-30-20)11-17(16)23(25)24(15)27/h1-6,9-11,19,23-25,28H,7-8,12-13H2/b6-5+/t19-,23?,24?,25+/m0/s1. The van der Waals surface area contributed by atoms with Crippen molar-refractivity contribution < 1.29 is 24.1 Å². The van der Waals surface area contributed by atoms with Crippen molar-refractivity contribution in [2.24, 2.45) is 0 Å². The van der Waals surface area contributed by atoms with Crippen molar-refractivity contribution in [2.75, 3.05) is 13.3 Å². The third-order valence-corrected chi connectivity index (χ3v) is 7.14. The predicted octanol–water partition coefficient (Wildman–Crippen LogP) is 3.67. The Hall–Kier alpha value is -2.80. The average molecular weight is 452 g/mol. The first-order valence-corrected chi connectivity index (χ1v) is 11.1. The number of nitrogens with zero attached hydrogens (tertiary/aromatic N) is 1. The van der Waals surface area contributed by atoms with E-state index in [0.717, 1.165) is 42.0 Å². The van der Waals surface area contributed by atoms with Gasteiger partial charge in [-0.3, -0.25) is 4.90 Å². The zero-order chi connectivity index (χ0) is 21.8. The number of carbonyl (C=O) groups excluding carboxylic acids is 1. The van der Waals surface area contributed by atoms with E-state index < -0.39 is 18.2 Å². The van der Waals surface area contributed by atoms with Gasteiger partial charge in [0.25, 0.3) is 0 Å². The number of aliphatic hydroxyl groups is 1. The molecule has 2 unspecified atom stereocenters. The van der Waals surface area contributed by atoms with Crippen LogP contribution in [-0.2, 0) is 16.1 Å². The van der Waals surface area contributed by atoms with E-state index in [0.29, 0.717) is 10.8 Å². The molecule has 0 bridgehead atoms. The van der Waals surface area contributed by atoms with Crippen LogP contribution in [0.4, 0.5) is 0 Å². The van der Waals surface area contributed by atoms with Gasteiger partial charge in [-0.25, -0.2) is 4.79 Å². The van der Waals surface area contributed by atoms with Crippen molar-refractivity contribution >= 4 is 23.6 Å². The van der Waals surface area contributed by atoms with Crippen LogP contribution in [0.1, 0.15) is 29.0 Å². The highest BCUT2D eigenvalue weighted by molar-refractivity contribution is 6.32. The van der Waals surface area contributed by atoms with Crippen LogP contribution in [0.5, 0.6) is 11.5 Å². The first-order chi connectivity index (χ1) is 15.6. The van der Waals surface area contributed by atoms with Crippen LogP contribution in [0, 0.1) is 0 Å². The van der Waals surface area contributed by atoms with Gasteiger partial charge < -0.3 is 19.3 Å². The van der Waals surface area contributed by atoms with Crippen LogP contribution < -0.4 is 9.47 Å². The molecule has 2 aromatic rings. The number of esters is 1. The summed E-state index contributed by atoms with van der Waals surface area (Å²) >= 11 is 6.18. The summed E-state index contributed by atoms with van der Waals surface area (Å²) in [6.45, 7) is 1.92. The minimum Gasteiger partial charge on any atom is -0.455 e. The quantitative estimate of drug-likeness (QED) is 0.436. The average Bonchev–Trinajstić information content (AvgIpc) is 3.40. The van der Waals surface area contributed by atoms with Crippen molar-refractivity contribution in [1.29, 1.82) is 0 Å². The van der Waals surface area contributed by atoms with Crippen LogP contribution in [0.2, 0.25) is 5.02 Å². The SMILES string of the molecule is O=C(/C=C/c1ccccc1Cl)O[C@H]1C2c3cc4c(cc3CN3CCC(=C[C@@H]1O)C23)OCO4. The van der Waals surface area contributed by atoms with Gasteiger partial charge in [-0.15, -0.1) is 0 Å². The highest BCUT2D eigenvalue weighted by Crippen LogP contribution is 2.50. The summed E-state index contributed by atoms with van der Waals surface area (Å²) in [5.74, 6) is 0.751. The van der Waals surface area contributed by atoms with E-state index in [4.69, 9.17) is 25.8 Å². The smallest absolute Gasteiger partial charge is 0.331 e. The predicted molar refractivity (Wildman–Crippen MR) is 119 cm³/mol. The molecule has 0 aromatic heterocycles. The van der Waals surface area contributed by atoms with Gasteiger partial charge >= 0.3 is 5.97 Å². The number of fused-ring (bicyclic) bond motifs is 3. The number of aliphatic hydroxyl groups excluding tert-OH is 1. The zero-order valence-corrected chi connectivity index (χ0v) is 18.0. The van der Waals surface area contributed by atoms with Crippen LogP contribution in [0.15, 0.2) is 54.1 Å². The van der Waals surface area contributed by atoms with Gasteiger partial charge in [-0.2, -0.15) is 0 Å². The van der Waals surface area contributed by atoms with E-state index in [1.165, 1.54) is 11.6 Å². The van der Waals surface area contributed by atoms with E-state index in [-0.39, 0.29) is 18.8 Å². The molecule has 1 saturated heterocycles. The molecule has 0 amide bonds. The number of hydrogen-bond donors (Lipinski definition) is 1. The summed E-state index contributed by atoms with van der Waals surface area (Å²) in [7, 11) is 0. The first-order valence-electron chi connectivity index (χ1n) is 10.8. The molecule has 0 spiro atoms. The fourth-order valence-electron chi connectivity index (χ4n) is 5.41. The zero-order valence-electron chi connectivity index (χ0n) is 17.2. The minimum absolute atomic E-state index is 0.108. The van der Waals surface area contributed by atoms with E-state index in [2.05, 4.69) is 4.90 Å². The van der Waals surface area contributed by atoms with Gasteiger partial charge in [0.1, 0.15) is 12.2 Å². The Labute approximate surface area is 190 Å². The summed E-state index contributed by atoms with van der Waals surface area (Å²) in [4.78, 5) is 15.1. The molecule has 0 radical (unpaired) electrons. The molecule has 1 N–H and O–H groups in total. The summed E-state index contributed by atoms with van der Waals surface area (Å²) in [6, 6.07) is 11.4. The molecule has 0 saturated carbocycles. The highest BCUT2D eigenvalue weighted by atomic mass is 35.5. The molecule has 4 atom stereocenters. The maximum Gasteiger partial charge on any atom is 0.331 e. The van der Waals surface area contributed by atoms with Gasteiger partial charge in [-0.1, -0.05) is 41.4 Å². The Kier molecular flexibility index (Phi) is 4.75. The molecule has 32 heavy (non-hydrogen) atoms. The van der Waals surface area contributed by atoms with Crippen LogP contribution in [0.25, 0.3) is 6.08 Å². The van der Waals surface area contributed by atoms with E-state index in [1.54, 1.807) is 12.1 Å². The third kappa shape index (κ3) is 3.22. The second-order valence-electron chi connectivity index (χ2n) is 8.58. The second kappa shape index (κ2) is 7.66. The van der Waals surface area contributed by atoms with Gasteiger partial charge in [0.2, 0.25) is 6.79 Å². The minimum atomic E-state index is -0.875. The lowest BCUT2D eigenvalue weighted by atomic mass is 9.73. The van der Waals surface area contributed by atoms with E-state index in [1.807, 2.05) is 36.4 Å². The molecule has 3 aliphatic heterocycles. The largest absolute Gasteiger partial charge is 0.455 e. The van der Waals surface area contributed by atoms with Gasteiger partial charge in [0, 0.05) is 36.1 Å². The fraction of sp³-hybridized carbons (Fsp3) is 0.320. The van der Waals surface area contributed by atoms with Crippen molar-refractivity contribution in [3.63, 3.8) is 0 Å². The topological polar surface area (TPSA) is 68.2 Å². The molecular formula is C25H22ClNO5. The molecule has 2 aromatic carbocycles. The Morgan fingerprint density at radius 1 is 1.22 bits per heavy atom. The second-order valence-corrected chi connectivity index (χ2v) is 8.99. The van der Waals surface area contributed by atoms with Gasteiger partial charge in [-0.05, 0) is 47.4 Å². The summed E-state index contributed by atoms with van der Waals surface area (Å²) in [5, 5.41) is 11.5. The summed E-state index contributed by atoms with van der Waals surface area (Å²) in [6.07, 6.45) is 4.20. The van der Waals surface area contributed by atoms with Crippen molar-refractivity contribution in [3.8, 4) is 11.5 Å².